The van der Waals surface area contributed by atoms with Crippen LogP contribution in [0.3, 0.4) is 0 Å². The van der Waals surface area contributed by atoms with Crippen molar-refractivity contribution in [2.24, 2.45) is 11.8 Å². The van der Waals surface area contributed by atoms with Gasteiger partial charge < -0.3 is 0 Å². The van der Waals surface area contributed by atoms with Crippen LogP contribution < -0.4 is 0 Å². The van der Waals surface area contributed by atoms with E-state index >= 15 is 0 Å². The number of hydrogen-bond acceptors (Lipinski definition) is 1. The molecule has 1 aromatic rings. The Balaban J connectivity index is 2.74. The molecule has 0 saturated carbocycles. The molecule has 0 saturated heterocycles. The van der Waals surface area contributed by atoms with Crippen molar-refractivity contribution in [1.82, 2.24) is 0 Å². The minimum atomic E-state index is 0.117. The number of carbonyl (C=O) groups is 1. The third-order valence-corrected chi connectivity index (χ3v) is 2.95. The van der Waals surface area contributed by atoms with Gasteiger partial charge in [-0.2, -0.15) is 0 Å². The Hall–Kier alpha value is -0.820. The van der Waals surface area contributed by atoms with Gasteiger partial charge >= 0.3 is 0 Å². The molecule has 2 heteroatoms. The summed E-state index contributed by atoms with van der Waals surface area (Å²) in [7, 11) is 0. The molecule has 0 fully saturated rings. The summed E-state index contributed by atoms with van der Waals surface area (Å²) < 4.78 is 0. The third-order valence-electron chi connectivity index (χ3n) is 2.70. The second-order valence-corrected chi connectivity index (χ2v) is 4.73. The van der Waals surface area contributed by atoms with Crippen LogP contribution in [-0.4, -0.2) is 5.78 Å². The molecule has 0 spiro atoms. The highest BCUT2D eigenvalue weighted by molar-refractivity contribution is 6.30. The summed E-state index contributed by atoms with van der Waals surface area (Å²) in [6, 6.07) is 7.71. The van der Waals surface area contributed by atoms with Gasteiger partial charge in [0.1, 0.15) is 5.78 Å². The van der Waals surface area contributed by atoms with E-state index in [1.807, 2.05) is 24.3 Å². The molecular formula is C13H17ClO. The van der Waals surface area contributed by atoms with Gasteiger partial charge in [-0.15, -0.1) is 0 Å². The van der Waals surface area contributed by atoms with Gasteiger partial charge in [-0.05, 0) is 37.0 Å². The Morgan fingerprint density at radius 2 is 1.80 bits per heavy atom. The first kappa shape index (κ1) is 12.3. The lowest BCUT2D eigenvalue weighted by molar-refractivity contribution is -0.121. The van der Waals surface area contributed by atoms with Crippen LogP contribution in [0.4, 0.5) is 0 Å². The average Bonchev–Trinajstić information content (AvgIpc) is 2.15. The quantitative estimate of drug-likeness (QED) is 0.762. The first-order valence-corrected chi connectivity index (χ1v) is 5.63. The third kappa shape index (κ3) is 3.67. The number of halogens is 1. The normalized spacial score (nSPS) is 12.9. The summed E-state index contributed by atoms with van der Waals surface area (Å²) in [6.07, 6.45) is 0.810. The fraction of sp³-hybridized carbons (Fsp3) is 0.462. The highest BCUT2D eigenvalue weighted by atomic mass is 35.5. The first-order valence-electron chi connectivity index (χ1n) is 5.25. The van der Waals surface area contributed by atoms with Gasteiger partial charge in [0, 0.05) is 10.9 Å². The van der Waals surface area contributed by atoms with Gasteiger partial charge in [0.25, 0.3) is 0 Å². The Kier molecular flexibility index (Phi) is 4.34. The van der Waals surface area contributed by atoms with Gasteiger partial charge in [-0.25, -0.2) is 0 Å². The Morgan fingerprint density at radius 1 is 1.27 bits per heavy atom. The van der Waals surface area contributed by atoms with Crippen molar-refractivity contribution in [3.05, 3.63) is 34.9 Å². The summed E-state index contributed by atoms with van der Waals surface area (Å²) in [5.74, 6) is 0.768. The zero-order chi connectivity index (χ0) is 11.4. The maximum absolute atomic E-state index is 11.4. The van der Waals surface area contributed by atoms with E-state index < -0.39 is 0 Å². The molecule has 1 rings (SSSR count). The average molecular weight is 225 g/mol. The smallest absolute Gasteiger partial charge is 0.133 e. The molecule has 1 nitrogen and oxygen atoms in total. The molecule has 0 N–H and O–H groups in total. The molecule has 15 heavy (non-hydrogen) atoms. The van der Waals surface area contributed by atoms with Crippen LogP contribution in [0, 0.1) is 11.8 Å². The molecule has 1 unspecified atom stereocenters. The van der Waals surface area contributed by atoms with Crippen molar-refractivity contribution >= 4 is 17.4 Å². The van der Waals surface area contributed by atoms with E-state index in [0.29, 0.717) is 5.92 Å². The number of carbonyl (C=O) groups excluding carboxylic acids is 1. The summed E-state index contributed by atoms with van der Waals surface area (Å²) in [5, 5.41) is 0.739. The lowest BCUT2D eigenvalue weighted by atomic mass is 9.86. The van der Waals surface area contributed by atoms with Gasteiger partial charge in [-0.3, -0.25) is 4.79 Å². The van der Waals surface area contributed by atoms with E-state index in [1.54, 1.807) is 6.92 Å². The summed E-state index contributed by atoms with van der Waals surface area (Å²) in [4.78, 5) is 11.4. The largest absolute Gasteiger partial charge is 0.300 e. The van der Waals surface area contributed by atoms with Gasteiger partial charge in [0.15, 0.2) is 0 Å². The maximum Gasteiger partial charge on any atom is 0.133 e. The molecule has 0 bridgehead atoms. The Morgan fingerprint density at radius 3 is 2.20 bits per heavy atom. The highest BCUT2D eigenvalue weighted by Crippen LogP contribution is 2.19. The molecule has 0 aliphatic rings. The van der Waals surface area contributed by atoms with Crippen LogP contribution in [0.15, 0.2) is 24.3 Å². The SMILES string of the molecule is CC(=O)C(Cc1ccc(Cl)cc1)C(C)C. The molecule has 0 radical (unpaired) electrons. The highest BCUT2D eigenvalue weighted by Gasteiger charge is 2.18. The minimum absolute atomic E-state index is 0.117. The molecule has 0 heterocycles. The van der Waals surface area contributed by atoms with Crippen molar-refractivity contribution in [3.63, 3.8) is 0 Å². The van der Waals surface area contributed by atoms with Crippen LogP contribution in [0.1, 0.15) is 26.3 Å². The molecule has 1 aromatic carbocycles. The summed E-state index contributed by atoms with van der Waals surface area (Å²) in [6.45, 7) is 5.84. The molecule has 1 atom stereocenters. The number of benzene rings is 1. The fourth-order valence-corrected chi connectivity index (χ4v) is 1.85. The molecule has 0 amide bonds. The molecular weight excluding hydrogens is 208 g/mol. The number of ketones is 1. The second kappa shape index (κ2) is 5.32. The molecule has 0 aliphatic heterocycles. The zero-order valence-electron chi connectivity index (χ0n) is 9.46. The number of Topliss-reactive ketones (excluding diaryl/α,β-unsaturated/α-hetero) is 1. The van der Waals surface area contributed by atoms with Crippen LogP contribution in [0.25, 0.3) is 0 Å². The zero-order valence-corrected chi connectivity index (χ0v) is 10.2. The van der Waals surface area contributed by atoms with E-state index in [4.69, 9.17) is 11.6 Å². The van der Waals surface area contributed by atoms with Gasteiger partial charge in [0.05, 0.1) is 0 Å². The van der Waals surface area contributed by atoms with Crippen LogP contribution in [0.5, 0.6) is 0 Å². The van der Waals surface area contributed by atoms with Gasteiger partial charge in [0.2, 0.25) is 0 Å². The van der Waals surface area contributed by atoms with E-state index in [1.165, 1.54) is 5.56 Å². The van der Waals surface area contributed by atoms with Gasteiger partial charge in [-0.1, -0.05) is 37.6 Å². The molecule has 0 aliphatic carbocycles. The lowest BCUT2D eigenvalue weighted by Crippen LogP contribution is -2.20. The topological polar surface area (TPSA) is 17.1 Å². The van der Waals surface area contributed by atoms with Crippen molar-refractivity contribution in [1.29, 1.82) is 0 Å². The van der Waals surface area contributed by atoms with E-state index in [0.717, 1.165) is 11.4 Å². The van der Waals surface area contributed by atoms with E-state index in [9.17, 15) is 4.79 Å². The molecule has 82 valence electrons. The Bertz CT molecular complexity index is 327. The monoisotopic (exact) mass is 224 g/mol. The number of rotatable bonds is 4. The molecule has 0 aromatic heterocycles. The summed E-state index contributed by atoms with van der Waals surface area (Å²) in [5.41, 5.74) is 1.17. The Labute approximate surface area is 96.5 Å². The predicted octanol–water partition coefficient (Wildman–Crippen LogP) is 3.74. The maximum atomic E-state index is 11.4. The predicted molar refractivity (Wildman–Crippen MR) is 64.2 cm³/mol. The van der Waals surface area contributed by atoms with Crippen molar-refractivity contribution < 1.29 is 4.79 Å². The second-order valence-electron chi connectivity index (χ2n) is 4.29. The van der Waals surface area contributed by atoms with Crippen LogP contribution >= 0.6 is 11.6 Å². The standard InChI is InChI=1S/C13H17ClO/c1-9(2)13(10(3)15)8-11-4-6-12(14)7-5-11/h4-7,9,13H,8H2,1-3H3. The van der Waals surface area contributed by atoms with E-state index in [2.05, 4.69) is 13.8 Å². The summed E-state index contributed by atoms with van der Waals surface area (Å²) >= 11 is 5.81. The first-order chi connectivity index (χ1) is 7.00. The minimum Gasteiger partial charge on any atom is -0.300 e. The fourth-order valence-electron chi connectivity index (χ4n) is 1.72. The van der Waals surface area contributed by atoms with Crippen molar-refractivity contribution in [2.45, 2.75) is 27.2 Å². The van der Waals surface area contributed by atoms with Crippen LogP contribution in [-0.2, 0) is 11.2 Å². The van der Waals surface area contributed by atoms with Crippen molar-refractivity contribution in [3.8, 4) is 0 Å². The van der Waals surface area contributed by atoms with E-state index in [-0.39, 0.29) is 11.7 Å². The lowest BCUT2D eigenvalue weighted by Gasteiger charge is -2.17. The van der Waals surface area contributed by atoms with Crippen molar-refractivity contribution in [2.75, 3.05) is 0 Å². The number of hydrogen-bond donors (Lipinski definition) is 0. The van der Waals surface area contributed by atoms with Crippen LogP contribution in [0.2, 0.25) is 5.02 Å².